The summed E-state index contributed by atoms with van der Waals surface area (Å²) >= 11 is 0. The van der Waals surface area contributed by atoms with E-state index in [0.717, 1.165) is 36.1 Å². The molecular formula is C16H19N3O. The zero-order valence-corrected chi connectivity index (χ0v) is 11.9. The Hall–Kier alpha value is -1.94. The molecule has 0 aliphatic carbocycles. The van der Waals surface area contributed by atoms with Gasteiger partial charge in [0.2, 0.25) is 5.91 Å². The second-order valence-electron chi connectivity index (χ2n) is 5.46. The lowest BCUT2D eigenvalue weighted by Gasteiger charge is -2.12. The van der Waals surface area contributed by atoms with Crippen LogP contribution in [0.5, 0.6) is 0 Å². The summed E-state index contributed by atoms with van der Waals surface area (Å²) in [6, 6.07) is 3.85. The van der Waals surface area contributed by atoms with Crippen LogP contribution in [0, 0.1) is 5.92 Å². The van der Waals surface area contributed by atoms with E-state index >= 15 is 0 Å². The van der Waals surface area contributed by atoms with Crippen LogP contribution in [0.2, 0.25) is 0 Å². The fraction of sp³-hybridized carbons (Fsp3) is 0.375. The Labute approximate surface area is 118 Å². The van der Waals surface area contributed by atoms with Gasteiger partial charge in [0.25, 0.3) is 0 Å². The van der Waals surface area contributed by atoms with Crippen LogP contribution in [0.4, 0.5) is 0 Å². The third kappa shape index (κ3) is 2.16. The standard InChI is InChI=1S/C16H19N3O/c1-11(2)16(20)19-10-13(12-5-8-17-9-6-12)15-14(19)4-3-7-18-15/h3-5,7,10-11,17H,6,8-9H2,1-2H3. The third-order valence-electron chi connectivity index (χ3n) is 3.70. The molecule has 104 valence electrons. The van der Waals surface area contributed by atoms with E-state index in [-0.39, 0.29) is 11.8 Å². The molecule has 0 atom stereocenters. The van der Waals surface area contributed by atoms with E-state index in [2.05, 4.69) is 16.4 Å². The molecule has 0 saturated carbocycles. The maximum absolute atomic E-state index is 12.4. The summed E-state index contributed by atoms with van der Waals surface area (Å²) in [5.74, 6) is 0.0874. The molecule has 4 heteroatoms. The van der Waals surface area contributed by atoms with Crippen molar-refractivity contribution in [3.8, 4) is 0 Å². The van der Waals surface area contributed by atoms with Crippen LogP contribution in [0.3, 0.4) is 0 Å². The van der Waals surface area contributed by atoms with Crippen LogP contribution < -0.4 is 5.32 Å². The molecule has 2 aromatic heterocycles. The number of hydrogen-bond acceptors (Lipinski definition) is 3. The minimum atomic E-state index is -0.0272. The van der Waals surface area contributed by atoms with Gasteiger partial charge >= 0.3 is 0 Å². The van der Waals surface area contributed by atoms with Crippen LogP contribution in [0.1, 0.15) is 30.6 Å². The van der Waals surface area contributed by atoms with Gasteiger partial charge < -0.3 is 5.32 Å². The number of hydrogen-bond donors (Lipinski definition) is 1. The fourth-order valence-electron chi connectivity index (χ4n) is 2.62. The van der Waals surface area contributed by atoms with Gasteiger partial charge in [0.15, 0.2) is 0 Å². The zero-order chi connectivity index (χ0) is 14.1. The first-order valence-corrected chi connectivity index (χ1v) is 7.09. The molecular weight excluding hydrogens is 250 g/mol. The molecule has 0 unspecified atom stereocenters. The third-order valence-corrected chi connectivity index (χ3v) is 3.70. The zero-order valence-electron chi connectivity index (χ0n) is 11.9. The van der Waals surface area contributed by atoms with Gasteiger partial charge in [0, 0.05) is 30.4 Å². The Morgan fingerprint density at radius 1 is 1.45 bits per heavy atom. The summed E-state index contributed by atoms with van der Waals surface area (Å²) in [5.41, 5.74) is 4.20. The van der Waals surface area contributed by atoms with Gasteiger partial charge in [-0.05, 0) is 30.7 Å². The van der Waals surface area contributed by atoms with E-state index in [0.29, 0.717) is 0 Å². The number of pyridine rings is 1. The van der Waals surface area contributed by atoms with Gasteiger partial charge in [0.1, 0.15) is 0 Å². The molecule has 0 fully saturated rings. The Balaban J connectivity index is 2.18. The summed E-state index contributed by atoms with van der Waals surface area (Å²) in [6.07, 6.45) is 6.91. The van der Waals surface area contributed by atoms with Crippen molar-refractivity contribution in [1.29, 1.82) is 0 Å². The number of nitrogens with zero attached hydrogens (tertiary/aromatic N) is 2. The van der Waals surface area contributed by atoms with Gasteiger partial charge in [-0.3, -0.25) is 14.3 Å². The summed E-state index contributed by atoms with van der Waals surface area (Å²) in [6.45, 7) is 5.71. The average molecular weight is 269 g/mol. The van der Waals surface area contributed by atoms with Crippen molar-refractivity contribution in [3.63, 3.8) is 0 Å². The summed E-state index contributed by atoms with van der Waals surface area (Å²) in [7, 11) is 0. The first kappa shape index (κ1) is 13.1. The second-order valence-corrected chi connectivity index (χ2v) is 5.46. The number of fused-ring (bicyclic) bond motifs is 1. The molecule has 1 aliphatic rings. The van der Waals surface area contributed by atoms with Crippen LogP contribution >= 0.6 is 0 Å². The van der Waals surface area contributed by atoms with Gasteiger partial charge in [-0.2, -0.15) is 0 Å². The van der Waals surface area contributed by atoms with Crippen LogP contribution in [0.15, 0.2) is 30.6 Å². The number of nitrogens with one attached hydrogen (secondary N) is 1. The molecule has 1 aliphatic heterocycles. The Kier molecular flexibility index (Phi) is 3.40. The topological polar surface area (TPSA) is 46.9 Å². The molecule has 20 heavy (non-hydrogen) atoms. The summed E-state index contributed by atoms with van der Waals surface area (Å²) in [5, 5.41) is 3.31. The molecule has 3 heterocycles. The number of carbonyl (C=O) groups excluding carboxylic acids is 1. The lowest BCUT2D eigenvalue weighted by Crippen LogP contribution is -2.20. The van der Waals surface area contributed by atoms with Crippen molar-refractivity contribution in [2.75, 3.05) is 13.1 Å². The molecule has 0 saturated heterocycles. The molecule has 0 amide bonds. The monoisotopic (exact) mass is 269 g/mol. The minimum Gasteiger partial charge on any atom is -0.313 e. The van der Waals surface area contributed by atoms with Crippen molar-refractivity contribution < 1.29 is 4.79 Å². The molecule has 2 aromatic rings. The average Bonchev–Trinajstić information content (AvgIpc) is 2.87. The van der Waals surface area contributed by atoms with Crippen LogP contribution in [0.25, 0.3) is 16.6 Å². The number of carbonyl (C=O) groups is 1. The highest BCUT2D eigenvalue weighted by Gasteiger charge is 2.19. The SMILES string of the molecule is CC(C)C(=O)n1cc(C2=CCNCC2)c2ncccc21. The van der Waals surface area contributed by atoms with E-state index in [1.807, 2.05) is 32.2 Å². The van der Waals surface area contributed by atoms with E-state index < -0.39 is 0 Å². The van der Waals surface area contributed by atoms with Crippen molar-refractivity contribution in [2.24, 2.45) is 5.92 Å². The molecule has 0 aromatic carbocycles. The van der Waals surface area contributed by atoms with Gasteiger partial charge in [-0.15, -0.1) is 0 Å². The number of aromatic nitrogens is 2. The lowest BCUT2D eigenvalue weighted by atomic mass is 10.0. The molecule has 0 spiro atoms. The molecule has 3 rings (SSSR count). The van der Waals surface area contributed by atoms with Gasteiger partial charge in [-0.25, -0.2) is 0 Å². The maximum atomic E-state index is 12.4. The van der Waals surface area contributed by atoms with E-state index in [4.69, 9.17) is 0 Å². The normalized spacial score (nSPS) is 15.7. The maximum Gasteiger partial charge on any atom is 0.233 e. The van der Waals surface area contributed by atoms with E-state index in [1.54, 1.807) is 10.8 Å². The summed E-state index contributed by atoms with van der Waals surface area (Å²) in [4.78, 5) is 16.8. The first-order valence-electron chi connectivity index (χ1n) is 7.09. The molecule has 0 bridgehead atoms. The van der Waals surface area contributed by atoms with Crippen molar-refractivity contribution >= 4 is 22.5 Å². The smallest absolute Gasteiger partial charge is 0.233 e. The van der Waals surface area contributed by atoms with Crippen molar-refractivity contribution in [2.45, 2.75) is 20.3 Å². The quantitative estimate of drug-likeness (QED) is 0.912. The second kappa shape index (κ2) is 5.21. The summed E-state index contributed by atoms with van der Waals surface area (Å²) < 4.78 is 1.76. The minimum absolute atomic E-state index is 0.0272. The molecule has 1 N–H and O–H groups in total. The predicted molar refractivity (Wildman–Crippen MR) is 80.7 cm³/mol. The van der Waals surface area contributed by atoms with Crippen LogP contribution in [-0.2, 0) is 0 Å². The van der Waals surface area contributed by atoms with Gasteiger partial charge in [-0.1, -0.05) is 19.9 Å². The molecule has 4 nitrogen and oxygen atoms in total. The Morgan fingerprint density at radius 2 is 2.30 bits per heavy atom. The fourth-order valence-corrected chi connectivity index (χ4v) is 2.62. The first-order chi connectivity index (χ1) is 9.68. The highest BCUT2D eigenvalue weighted by molar-refractivity contribution is 5.98. The predicted octanol–water partition coefficient (Wildman–Crippen LogP) is 2.71. The van der Waals surface area contributed by atoms with Crippen molar-refractivity contribution in [1.82, 2.24) is 14.9 Å². The Bertz CT molecular complexity index is 682. The van der Waals surface area contributed by atoms with E-state index in [9.17, 15) is 4.79 Å². The highest BCUT2D eigenvalue weighted by Crippen LogP contribution is 2.28. The van der Waals surface area contributed by atoms with E-state index in [1.165, 1.54) is 5.57 Å². The molecule has 0 radical (unpaired) electrons. The lowest BCUT2D eigenvalue weighted by molar-refractivity contribution is 0.0860. The van der Waals surface area contributed by atoms with Crippen molar-refractivity contribution in [3.05, 3.63) is 36.2 Å². The number of rotatable bonds is 2. The van der Waals surface area contributed by atoms with Gasteiger partial charge in [0.05, 0.1) is 11.0 Å². The highest BCUT2D eigenvalue weighted by atomic mass is 16.2. The Morgan fingerprint density at radius 3 is 3.00 bits per heavy atom. The van der Waals surface area contributed by atoms with Crippen LogP contribution in [-0.4, -0.2) is 28.5 Å². The largest absolute Gasteiger partial charge is 0.313 e.